The summed E-state index contributed by atoms with van der Waals surface area (Å²) in [6.07, 6.45) is 1.04. The molecule has 0 fully saturated rings. The summed E-state index contributed by atoms with van der Waals surface area (Å²) < 4.78 is 4.91. The van der Waals surface area contributed by atoms with Crippen LogP contribution in [0.15, 0.2) is 17.7 Å². The van der Waals surface area contributed by atoms with Gasteiger partial charge in [0.05, 0.1) is 12.2 Å². The summed E-state index contributed by atoms with van der Waals surface area (Å²) in [4.78, 5) is 34.0. The van der Waals surface area contributed by atoms with Crippen molar-refractivity contribution in [3.8, 4) is 0 Å². The van der Waals surface area contributed by atoms with Crippen LogP contribution in [0.25, 0.3) is 0 Å². The number of hydrogen-bond acceptors (Lipinski definition) is 6. The molecule has 0 aliphatic heterocycles. The summed E-state index contributed by atoms with van der Waals surface area (Å²) >= 11 is 1.30. The van der Waals surface area contributed by atoms with Gasteiger partial charge in [-0.1, -0.05) is 0 Å². The molecule has 1 rings (SSSR count). The summed E-state index contributed by atoms with van der Waals surface area (Å²) in [6.45, 7) is 3.73. The molecule has 0 spiro atoms. The van der Waals surface area contributed by atoms with E-state index in [9.17, 15) is 14.4 Å². The predicted molar refractivity (Wildman–Crippen MR) is 76.9 cm³/mol. The van der Waals surface area contributed by atoms with Crippen LogP contribution in [0.1, 0.15) is 22.2 Å². The number of anilines is 1. The van der Waals surface area contributed by atoms with Gasteiger partial charge in [0.2, 0.25) is 0 Å². The minimum atomic E-state index is -1.52. The second-order valence-electron chi connectivity index (χ2n) is 3.93. The van der Waals surface area contributed by atoms with Gasteiger partial charge in [0.1, 0.15) is 10.6 Å². The standard InChI is InChI=1S/C13H15NO6S/c1-3-20-13(19)9-6-7(2)21-10(9)14-5-4-8(11(15)16)12(17)18/h4,6,14H,3,5H2,1-2H3,(H,15,16)(H,17,18). The average molecular weight is 313 g/mol. The first-order chi connectivity index (χ1) is 9.86. The van der Waals surface area contributed by atoms with E-state index >= 15 is 0 Å². The fraction of sp³-hybridized carbons (Fsp3) is 0.308. The van der Waals surface area contributed by atoms with Crippen LogP contribution in [-0.2, 0) is 14.3 Å². The van der Waals surface area contributed by atoms with Crippen molar-refractivity contribution in [3.05, 3.63) is 28.2 Å². The minimum absolute atomic E-state index is 0.0275. The van der Waals surface area contributed by atoms with Crippen molar-refractivity contribution in [3.63, 3.8) is 0 Å². The van der Waals surface area contributed by atoms with Gasteiger partial charge in [-0.3, -0.25) is 0 Å². The largest absolute Gasteiger partial charge is 0.477 e. The summed E-state index contributed by atoms with van der Waals surface area (Å²) in [7, 11) is 0. The lowest BCUT2D eigenvalue weighted by Gasteiger charge is -2.05. The number of carbonyl (C=O) groups excluding carboxylic acids is 1. The Morgan fingerprint density at radius 3 is 2.48 bits per heavy atom. The number of nitrogens with one attached hydrogen (secondary N) is 1. The van der Waals surface area contributed by atoms with Crippen molar-refractivity contribution >= 4 is 34.2 Å². The van der Waals surface area contributed by atoms with Gasteiger partial charge in [-0.15, -0.1) is 11.3 Å². The van der Waals surface area contributed by atoms with E-state index < -0.39 is 23.5 Å². The molecule has 3 N–H and O–H groups in total. The van der Waals surface area contributed by atoms with Crippen molar-refractivity contribution in [2.24, 2.45) is 0 Å². The fourth-order valence-corrected chi connectivity index (χ4v) is 2.42. The Hall–Kier alpha value is -2.35. The molecule has 0 saturated carbocycles. The number of aliphatic carboxylic acids is 2. The van der Waals surface area contributed by atoms with E-state index in [0.717, 1.165) is 11.0 Å². The van der Waals surface area contributed by atoms with Crippen LogP contribution in [0.2, 0.25) is 0 Å². The molecule has 0 bridgehead atoms. The van der Waals surface area contributed by atoms with E-state index in [2.05, 4.69) is 5.32 Å². The van der Waals surface area contributed by atoms with Crippen LogP contribution < -0.4 is 5.32 Å². The summed E-state index contributed by atoms with van der Waals surface area (Å²) in [5, 5.41) is 20.8. The molecule has 0 atom stereocenters. The first kappa shape index (κ1) is 16.7. The van der Waals surface area contributed by atoms with Crippen molar-refractivity contribution in [1.82, 2.24) is 0 Å². The minimum Gasteiger partial charge on any atom is -0.477 e. The van der Waals surface area contributed by atoms with E-state index in [1.54, 1.807) is 13.0 Å². The second kappa shape index (κ2) is 7.44. The number of ether oxygens (including phenoxy) is 1. The summed E-state index contributed by atoms with van der Waals surface area (Å²) in [5.41, 5.74) is -0.381. The maximum Gasteiger partial charge on any atom is 0.342 e. The molecule has 0 radical (unpaired) electrons. The Balaban J connectivity index is 2.85. The van der Waals surface area contributed by atoms with Crippen molar-refractivity contribution in [2.75, 3.05) is 18.5 Å². The average Bonchev–Trinajstić information content (AvgIpc) is 2.75. The van der Waals surface area contributed by atoms with E-state index in [-0.39, 0.29) is 13.2 Å². The van der Waals surface area contributed by atoms with Crippen LogP contribution in [0.4, 0.5) is 5.00 Å². The third kappa shape index (κ3) is 4.60. The van der Waals surface area contributed by atoms with Crippen molar-refractivity contribution < 1.29 is 29.3 Å². The number of carboxylic acids is 2. The topological polar surface area (TPSA) is 113 Å². The quantitative estimate of drug-likeness (QED) is 0.304. The molecule has 0 aliphatic carbocycles. The maximum absolute atomic E-state index is 11.7. The lowest BCUT2D eigenvalue weighted by molar-refractivity contribution is -0.140. The lowest BCUT2D eigenvalue weighted by Crippen LogP contribution is -2.13. The van der Waals surface area contributed by atoms with Crippen LogP contribution in [0.3, 0.4) is 0 Å². The van der Waals surface area contributed by atoms with Crippen LogP contribution in [-0.4, -0.2) is 41.3 Å². The van der Waals surface area contributed by atoms with Gasteiger partial charge in [-0.25, -0.2) is 14.4 Å². The van der Waals surface area contributed by atoms with Gasteiger partial charge < -0.3 is 20.3 Å². The Kier molecular flexibility index (Phi) is 5.92. The van der Waals surface area contributed by atoms with Crippen LogP contribution in [0.5, 0.6) is 0 Å². The SMILES string of the molecule is CCOC(=O)c1cc(C)sc1NCC=C(C(=O)O)C(=O)O. The number of rotatable bonds is 7. The molecule has 21 heavy (non-hydrogen) atoms. The molecular formula is C13H15NO6S. The summed E-state index contributed by atoms with van der Waals surface area (Å²) in [6, 6.07) is 1.66. The first-order valence-corrected chi connectivity index (χ1v) is 6.86. The Bertz CT molecular complexity index is 573. The van der Waals surface area contributed by atoms with E-state index in [1.165, 1.54) is 11.3 Å². The Labute approximate surface area is 124 Å². The highest BCUT2D eigenvalue weighted by Crippen LogP contribution is 2.28. The molecule has 1 heterocycles. The highest BCUT2D eigenvalue weighted by Gasteiger charge is 2.17. The Morgan fingerprint density at radius 1 is 1.33 bits per heavy atom. The fourth-order valence-electron chi connectivity index (χ4n) is 1.52. The molecule has 0 unspecified atom stereocenters. The zero-order valence-corrected chi connectivity index (χ0v) is 12.3. The zero-order valence-electron chi connectivity index (χ0n) is 11.5. The third-order valence-electron chi connectivity index (χ3n) is 2.38. The van der Waals surface area contributed by atoms with Crippen LogP contribution >= 0.6 is 11.3 Å². The number of carboxylic acid groups (broad SMARTS) is 2. The molecule has 0 amide bonds. The smallest absolute Gasteiger partial charge is 0.342 e. The highest BCUT2D eigenvalue weighted by molar-refractivity contribution is 7.16. The zero-order chi connectivity index (χ0) is 16.0. The van der Waals surface area contributed by atoms with Gasteiger partial charge in [0, 0.05) is 11.4 Å². The maximum atomic E-state index is 11.7. The molecular weight excluding hydrogens is 298 g/mol. The molecule has 7 nitrogen and oxygen atoms in total. The van der Waals surface area contributed by atoms with E-state index in [4.69, 9.17) is 14.9 Å². The van der Waals surface area contributed by atoms with Gasteiger partial charge >= 0.3 is 17.9 Å². The third-order valence-corrected chi connectivity index (χ3v) is 3.39. The number of thiophene rings is 1. The van der Waals surface area contributed by atoms with Gasteiger partial charge in [-0.2, -0.15) is 0 Å². The first-order valence-electron chi connectivity index (χ1n) is 6.05. The molecule has 114 valence electrons. The Morgan fingerprint density at radius 2 is 1.95 bits per heavy atom. The molecule has 8 heteroatoms. The molecule has 1 aromatic heterocycles. The van der Waals surface area contributed by atoms with E-state index in [1.807, 2.05) is 6.92 Å². The highest BCUT2D eigenvalue weighted by atomic mass is 32.1. The number of hydrogen-bond donors (Lipinski definition) is 3. The molecule has 0 saturated heterocycles. The number of esters is 1. The molecule has 1 aromatic rings. The summed E-state index contributed by atoms with van der Waals surface area (Å²) in [5.74, 6) is -3.51. The predicted octanol–water partition coefficient (Wildman–Crippen LogP) is 1.74. The second-order valence-corrected chi connectivity index (χ2v) is 5.19. The number of carbonyl (C=O) groups is 3. The van der Waals surface area contributed by atoms with Gasteiger partial charge in [-0.05, 0) is 26.0 Å². The van der Waals surface area contributed by atoms with Crippen molar-refractivity contribution in [1.29, 1.82) is 0 Å². The van der Waals surface area contributed by atoms with Gasteiger partial charge in [0.15, 0.2) is 0 Å². The van der Waals surface area contributed by atoms with Crippen LogP contribution in [0, 0.1) is 6.92 Å². The lowest BCUT2D eigenvalue weighted by atomic mass is 10.2. The normalized spacial score (nSPS) is 9.81. The molecule has 0 aliphatic rings. The monoisotopic (exact) mass is 313 g/mol. The van der Waals surface area contributed by atoms with E-state index in [0.29, 0.717) is 10.6 Å². The number of aryl methyl sites for hydroxylation is 1. The van der Waals surface area contributed by atoms with Crippen molar-refractivity contribution in [2.45, 2.75) is 13.8 Å². The molecule has 0 aromatic carbocycles. The van der Waals surface area contributed by atoms with Gasteiger partial charge in [0.25, 0.3) is 0 Å².